The van der Waals surface area contributed by atoms with E-state index in [0.717, 1.165) is 11.0 Å². The normalized spacial score (nSPS) is 10.3. The van der Waals surface area contributed by atoms with Crippen LogP contribution in [0.4, 0.5) is 5.95 Å². The molecule has 0 aromatic carbocycles. The highest BCUT2D eigenvalue weighted by atomic mass is 79.9. The number of nitrogens with one attached hydrogen (secondary N) is 1. The number of rotatable bonds is 4. The second-order valence-electron chi connectivity index (χ2n) is 3.08. The largest absolute Gasteiger partial charge is 0.467 e. The van der Waals surface area contributed by atoms with Gasteiger partial charge in [-0.2, -0.15) is 20.1 Å². The fourth-order valence-corrected chi connectivity index (χ4v) is 1.47. The number of aromatic nitrogens is 5. The van der Waals surface area contributed by atoms with Gasteiger partial charge in [0.05, 0.1) is 17.8 Å². The van der Waals surface area contributed by atoms with E-state index in [1.165, 1.54) is 11.8 Å². The van der Waals surface area contributed by atoms with Crippen LogP contribution in [0.5, 0.6) is 6.01 Å². The quantitative estimate of drug-likeness (QED) is 0.916. The Hall–Kier alpha value is -1.70. The van der Waals surface area contributed by atoms with E-state index in [-0.39, 0.29) is 6.01 Å². The Kier molecular flexibility index (Phi) is 3.52. The monoisotopic (exact) mass is 298 g/mol. The van der Waals surface area contributed by atoms with Gasteiger partial charge >= 0.3 is 6.01 Å². The molecule has 2 aromatic rings. The molecule has 2 heterocycles. The predicted molar refractivity (Wildman–Crippen MR) is 65.4 cm³/mol. The number of hydrogen-bond donors (Lipinski definition) is 1. The number of nitrogens with zero attached hydrogens (tertiary/aromatic N) is 5. The fraction of sp³-hybridized carbons (Fsp3) is 0.333. The smallest absolute Gasteiger partial charge is 0.322 e. The number of methoxy groups -OCH3 is 1. The van der Waals surface area contributed by atoms with Crippen LogP contribution in [-0.2, 0) is 0 Å². The number of ether oxygens (including phenoxy) is 1. The standard InChI is InChI=1S/C9H11BrN6O/c1-3-11-7-13-8(15-9(14-7)17-2)16-5-6(10)4-12-16/h4-5H,3H2,1-2H3,(H,11,13,14,15). The first-order valence-corrected chi connectivity index (χ1v) is 5.76. The molecule has 0 radical (unpaired) electrons. The first kappa shape index (κ1) is 11.8. The third-order valence-electron chi connectivity index (χ3n) is 1.88. The van der Waals surface area contributed by atoms with Crippen LogP contribution < -0.4 is 10.1 Å². The highest BCUT2D eigenvalue weighted by Crippen LogP contribution is 2.13. The topological polar surface area (TPSA) is 77.8 Å². The summed E-state index contributed by atoms with van der Waals surface area (Å²) in [4.78, 5) is 12.4. The van der Waals surface area contributed by atoms with E-state index in [1.807, 2.05) is 6.92 Å². The zero-order valence-electron chi connectivity index (χ0n) is 9.38. The summed E-state index contributed by atoms with van der Waals surface area (Å²) in [7, 11) is 1.51. The Balaban J connectivity index is 2.42. The van der Waals surface area contributed by atoms with Gasteiger partial charge in [0, 0.05) is 12.7 Å². The average Bonchev–Trinajstić information content (AvgIpc) is 2.76. The minimum atomic E-state index is 0.248. The molecule has 0 saturated carbocycles. The molecule has 0 bridgehead atoms. The zero-order valence-corrected chi connectivity index (χ0v) is 11.0. The SMILES string of the molecule is CCNc1nc(OC)nc(-n2cc(Br)cn2)n1. The minimum Gasteiger partial charge on any atom is -0.467 e. The van der Waals surface area contributed by atoms with E-state index < -0.39 is 0 Å². The Labute approximate surface area is 106 Å². The molecule has 2 rings (SSSR count). The summed E-state index contributed by atoms with van der Waals surface area (Å²) in [5.74, 6) is 0.861. The van der Waals surface area contributed by atoms with Crippen LogP contribution in [0.3, 0.4) is 0 Å². The van der Waals surface area contributed by atoms with Crippen molar-refractivity contribution in [3.63, 3.8) is 0 Å². The van der Waals surface area contributed by atoms with E-state index in [9.17, 15) is 0 Å². The lowest BCUT2D eigenvalue weighted by molar-refractivity contribution is 0.377. The van der Waals surface area contributed by atoms with Crippen LogP contribution in [0.15, 0.2) is 16.9 Å². The van der Waals surface area contributed by atoms with E-state index >= 15 is 0 Å². The van der Waals surface area contributed by atoms with Crippen LogP contribution >= 0.6 is 15.9 Å². The number of anilines is 1. The Bertz CT molecular complexity index is 514. The fourth-order valence-electron chi connectivity index (χ4n) is 1.19. The highest BCUT2D eigenvalue weighted by Gasteiger charge is 2.08. The molecule has 2 aromatic heterocycles. The summed E-state index contributed by atoms with van der Waals surface area (Å²) in [6.07, 6.45) is 3.41. The van der Waals surface area contributed by atoms with E-state index in [4.69, 9.17) is 4.74 Å². The molecule has 0 fully saturated rings. The summed E-state index contributed by atoms with van der Waals surface area (Å²) in [6.45, 7) is 2.68. The van der Waals surface area contributed by atoms with Gasteiger partial charge < -0.3 is 10.1 Å². The van der Waals surface area contributed by atoms with Gasteiger partial charge in [-0.05, 0) is 22.9 Å². The Morgan fingerprint density at radius 2 is 2.24 bits per heavy atom. The van der Waals surface area contributed by atoms with Crippen molar-refractivity contribution in [2.75, 3.05) is 19.0 Å². The first-order chi connectivity index (χ1) is 8.22. The van der Waals surface area contributed by atoms with Crippen LogP contribution in [0.2, 0.25) is 0 Å². The highest BCUT2D eigenvalue weighted by molar-refractivity contribution is 9.10. The lowest BCUT2D eigenvalue weighted by Crippen LogP contribution is -2.10. The van der Waals surface area contributed by atoms with E-state index in [1.54, 1.807) is 12.4 Å². The van der Waals surface area contributed by atoms with Crippen LogP contribution in [-0.4, -0.2) is 38.4 Å². The van der Waals surface area contributed by atoms with Crippen molar-refractivity contribution in [2.24, 2.45) is 0 Å². The molecule has 0 aliphatic carbocycles. The van der Waals surface area contributed by atoms with Crippen LogP contribution in [0, 0.1) is 0 Å². The second-order valence-corrected chi connectivity index (χ2v) is 3.99. The lowest BCUT2D eigenvalue weighted by Gasteiger charge is -2.06. The van der Waals surface area contributed by atoms with Gasteiger partial charge in [0.15, 0.2) is 0 Å². The molecule has 0 atom stereocenters. The first-order valence-electron chi connectivity index (χ1n) is 4.97. The zero-order chi connectivity index (χ0) is 12.3. The molecule has 1 N–H and O–H groups in total. The van der Waals surface area contributed by atoms with Crippen molar-refractivity contribution >= 4 is 21.9 Å². The Morgan fingerprint density at radius 1 is 1.41 bits per heavy atom. The molecular weight excluding hydrogens is 288 g/mol. The van der Waals surface area contributed by atoms with E-state index in [0.29, 0.717) is 11.9 Å². The van der Waals surface area contributed by atoms with Crippen molar-refractivity contribution in [2.45, 2.75) is 6.92 Å². The van der Waals surface area contributed by atoms with Gasteiger partial charge in [-0.15, -0.1) is 0 Å². The van der Waals surface area contributed by atoms with Crippen molar-refractivity contribution in [1.82, 2.24) is 24.7 Å². The number of hydrogen-bond acceptors (Lipinski definition) is 6. The lowest BCUT2D eigenvalue weighted by atomic mass is 10.7. The molecule has 90 valence electrons. The molecule has 17 heavy (non-hydrogen) atoms. The average molecular weight is 299 g/mol. The van der Waals surface area contributed by atoms with Gasteiger partial charge in [0.2, 0.25) is 5.95 Å². The van der Waals surface area contributed by atoms with Crippen molar-refractivity contribution < 1.29 is 4.74 Å². The summed E-state index contributed by atoms with van der Waals surface area (Å²) in [5, 5.41) is 7.10. The van der Waals surface area contributed by atoms with Crippen molar-refractivity contribution in [3.8, 4) is 12.0 Å². The van der Waals surface area contributed by atoms with Crippen LogP contribution in [0.1, 0.15) is 6.92 Å². The van der Waals surface area contributed by atoms with E-state index in [2.05, 4.69) is 41.3 Å². The molecule has 7 nitrogen and oxygen atoms in total. The molecule has 0 unspecified atom stereocenters. The summed E-state index contributed by atoms with van der Waals surface area (Å²) >= 11 is 3.31. The van der Waals surface area contributed by atoms with Gasteiger partial charge in [0.1, 0.15) is 0 Å². The third kappa shape index (κ3) is 2.70. The number of halogens is 1. The summed E-state index contributed by atoms with van der Waals surface area (Å²) in [6, 6.07) is 0.248. The van der Waals surface area contributed by atoms with Gasteiger partial charge in [-0.1, -0.05) is 0 Å². The second kappa shape index (κ2) is 5.09. The predicted octanol–water partition coefficient (Wildman–Crippen LogP) is 1.26. The van der Waals surface area contributed by atoms with Crippen LogP contribution in [0.25, 0.3) is 5.95 Å². The molecule has 0 aliphatic rings. The van der Waals surface area contributed by atoms with Gasteiger partial charge in [-0.3, -0.25) is 0 Å². The molecule has 0 spiro atoms. The molecule has 0 amide bonds. The molecule has 8 heteroatoms. The Morgan fingerprint density at radius 3 is 2.82 bits per heavy atom. The van der Waals surface area contributed by atoms with Gasteiger partial charge in [-0.25, -0.2) is 4.68 Å². The van der Waals surface area contributed by atoms with Crippen molar-refractivity contribution in [1.29, 1.82) is 0 Å². The molecule has 0 aliphatic heterocycles. The minimum absolute atomic E-state index is 0.248. The summed E-state index contributed by atoms with van der Waals surface area (Å²) in [5.41, 5.74) is 0. The maximum absolute atomic E-state index is 5.02. The summed E-state index contributed by atoms with van der Waals surface area (Å²) < 4.78 is 7.40. The van der Waals surface area contributed by atoms with Crippen molar-refractivity contribution in [3.05, 3.63) is 16.9 Å². The maximum Gasteiger partial charge on any atom is 0.322 e. The maximum atomic E-state index is 5.02. The van der Waals surface area contributed by atoms with Gasteiger partial charge in [0.25, 0.3) is 5.95 Å². The third-order valence-corrected chi connectivity index (χ3v) is 2.29. The molecule has 0 saturated heterocycles. The molecular formula is C9H11BrN6O.